The lowest BCUT2D eigenvalue weighted by molar-refractivity contribution is 0.367. The fourth-order valence-electron chi connectivity index (χ4n) is 2.97. The molecule has 0 radical (unpaired) electrons. The predicted octanol–water partition coefficient (Wildman–Crippen LogP) is 4.55. The molecule has 21 heavy (non-hydrogen) atoms. The molecule has 1 aromatic rings. The lowest BCUT2D eigenvalue weighted by Gasteiger charge is -2.24. The van der Waals surface area contributed by atoms with Crippen LogP contribution in [0.2, 0.25) is 0 Å². The van der Waals surface area contributed by atoms with E-state index in [2.05, 4.69) is 48.1 Å². The van der Waals surface area contributed by atoms with Crippen LogP contribution in [-0.2, 0) is 0 Å². The minimum absolute atomic E-state index is 0.317. The van der Waals surface area contributed by atoms with Gasteiger partial charge in [0.25, 0.3) is 0 Å². The molecule has 0 saturated heterocycles. The molecule has 4 heteroatoms. The molecule has 1 fully saturated rings. The Morgan fingerprint density at radius 3 is 2.38 bits per heavy atom. The minimum Gasteiger partial charge on any atom is -0.496 e. The van der Waals surface area contributed by atoms with Crippen molar-refractivity contribution in [3.63, 3.8) is 0 Å². The van der Waals surface area contributed by atoms with E-state index in [0.717, 1.165) is 28.9 Å². The minimum atomic E-state index is 0.317. The van der Waals surface area contributed by atoms with Crippen molar-refractivity contribution in [2.75, 3.05) is 20.8 Å². The van der Waals surface area contributed by atoms with Gasteiger partial charge in [0, 0.05) is 11.6 Å². The molecular formula is C17H26BrNO2. The van der Waals surface area contributed by atoms with E-state index >= 15 is 0 Å². The maximum Gasteiger partial charge on any atom is 0.133 e. The summed E-state index contributed by atoms with van der Waals surface area (Å²) in [5.41, 5.74) is 1.60. The summed E-state index contributed by atoms with van der Waals surface area (Å²) in [6, 6.07) is 4.42. The lowest BCUT2D eigenvalue weighted by Crippen LogP contribution is -2.26. The van der Waals surface area contributed by atoms with Crippen LogP contribution in [0.15, 0.2) is 16.6 Å². The Hall–Kier alpha value is -0.740. The highest BCUT2D eigenvalue weighted by molar-refractivity contribution is 9.10. The Bertz CT molecular complexity index is 502. The third kappa shape index (κ3) is 3.54. The quantitative estimate of drug-likeness (QED) is 0.777. The topological polar surface area (TPSA) is 30.5 Å². The summed E-state index contributed by atoms with van der Waals surface area (Å²) in [4.78, 5) is 0. The molecule has 0 heterocycles. The molecule has 1 aliphatic carbocycles. The zero-order chi connectivity index (χ0) is 15.6. The van der Waals surface area contributed by atoms with Gasteiger partial charge in [0.05, 0.1) is 18.7 Å². The van der Waals surface area contributed by atoms with Crippen molar-refractivity contribution in [1.29, 1.82) is 0 Å². The van der Waals surface area contributed by atoms with Gasteiger partial charge >= 0.3 is 0 Å². The molecule has 0 amide bonds. The maximum atomic E-state index is 5.61. The van der Waals surface area contributed by atoms with Crippen molar-refractivity contribution in [1.82, 2.24) is 5.32 Å². The molecule has 118 valence electrons. The van der Waals surface area contributed by atoms with Gasteiger partial charge in [0.15, 0.2) is 0 Å². The molecule has 1 saturated carbocycles. The second kappa shape index (κ2) is 6.57. The van der Waals surface area contributed by atoms with Crippen LogP contribution in [0.25, 0.3) is 0 Å². The van der Waals surface area contributed by atoms with E-state index in [4.69, 9.17) is 9.47 Å². The van der Waals surface area contributed by atoms with Gasteiger partial charge in [0.1, 0.15) is 11.5 Å². The zero-order valence-corrected chi connectivity index (χ0v) is 15.2. The van der Waals surface area contributed by atoms with Crippen molar-refractivity contribution in [3.8, 4) is 11.5 Å². The summed E-state index contributed by atoms with van der Waals surface area (Å²) in [5.74, 6) is 2.41. The molecule has 2 unspecified atom stereocenters. The van der Waals surface area contributed by atoms with Gasteiger partial charge in [-0.1, -0.05) is 20.8 Å². The SMILES string of the molecule is CCCNC(c1cc(OC)c(Br)cc1OC)C1CC1(C)C. The molecule has 3 nitrogen and oxygen atoms in total. The summed E-state index contributed by atoms with van der Waals surface area (Å²) < 4.78 is 12.0. The van der Waals surface area contributed by atoms with Crippen LogP contribution < -0.4 is 14.8 Å². The summed E-state index contributed by atoms with van der Waals surface area (Å²) in [5, 5.41) is 3.70. The van der Waals surface area contributed by atoms with Gasteiger partial charge in [-0.2, -0.15) is 0 Å². The molecule has 0 aliphatic heterocycles. The van der Waals surface area contributed by atoms with Crippen LogP contribution in [0.3, 0.4) is 0 Å². The van der Waals surface area contributed by atoms with Gasteiger partial charge in [-0.25, -0.2) is 0 Å². The molecule has 1 aliphatic rings. The third-order valence-electron chi connectivity index (χ3n) is 4.45. The monoisotopic (exact) mass is 355 g/mol. The number of halogens is 1. The Morgan fingerprint density at radius 1 is 1.29 bits per heavy atom. The first-order valence-corrected chi connectivity index (χ1v) is 8.38. The van der Waals surface area contributed by atoms with Crippen molar-refractivity contribution in [2.24, 2.45) is 11.3 Å². The van der Waals surface area contributed by atoms with Crippen molar-refractivity contribution < 1.29 is 9.47 Å². The van der Waals surface area contributed by atoms with Crippen LogP contribution in [0, 0.1) is 11.3 Å². The summed E-state index contributed by atoms with van der Waals surface area (Å²) in [6.07, 6.45) is 2.37. The largest absolute Gasteiger partial charge is 0.496 e. The molecule has 2 atom stereocenters. The number of hydrogen-bond donors (Lipinski definition) is 1. The van der Waals surface area contributed by atoms with E-state index in [-0.39, 0.29) is 0 Å². The highest BCUT2D eigenvalue weighted by atomic mass is 79.9. The average Bonchev–Trinajstić information content (AvgIpc) is 3.08. The molecule has 0 spiro atoms. The smallest absolute Gasteiger partial charge is 0.133 e. The Kier molecular flexibility index (Phi) is 5.20. The normalized spacial score (nSPS) is 21.0. The second-order valence-electron chi connectivity index (χ2n) is 6.46. The van der Waals surface area contributed by atoms with Crippen LogP contribution in [0.4, 0.5) is 0 Å². The van der Waals surface area contributed by atoms with Crippen LogP contribution >= 0.6 is 15.9 Å². The number of hydrogen-bond acceptors (Lipinski definition) is 3. The van der Waals surface area contributed by atoms with E-state index < -0.39 is 0 Å². The zero-order valence-electron chi connectivity index (χ0n) is 13.6. The molecule has 0 aromatic heterocycles. The molecule has 2 rings (SSSR count). The summed E-state index contributed by atoms with van der Waals surface area (Å²) >= 11 is 3.53. The first kappa shape index (κ1) is 16.6. The van der Waals surface area contributed by atoms with Crippen molar-refractivity contribution in [3.05, 3.63) is 22.2 Å². The standard InChI is InChI=1S/C17H26BrNO2/c1-6-7-19-16(12-10-17(12,2)3)11-8-15(21-5)13(18)9-14(11)20-4/h8-9,12,16,19H,6-7,10H2,1-5H3. The maximum absolute atomic E-state index is 5.61. The van der Waals surface area contributed by atoms with Gasteiger partial charge < -0.3 is 14.8 Å². The van der Waals surface area contributed by atoms with Gasteiger partial charge in [0.2, 0.25) is 0 Å². The Morgan fingerprint density at radius 2 is 1.90 bits per heavy atom. The van der Waals surface area contributed by atoms with Gasteiger partial charge in [-0.05, 0) is 58.8 Å². The highest BCUT2D eigenvalue weighted by Gasteiger charge is 2.51. The lowest BCUT2D eigenvalue weighted by atomic mass is 9.95. The fourth-order valence-corrected chi connectivity index (χ4v) is 3.46. The molecular weight excluding hydrogens is 330 g/mol. The van der Waals surface area contributed by atoms with Crippen LogP contribution in [0.5, 0.6) is 11.5 Å². The fraction of sp³-hybridized carbons (Fsp3) is 0.647. The number of benzene rings is 1. The first-order valence-electron chi connectivity index (χ1n) is 7.59. The number of nitrogens with one attached hydrogen (secondary N) is 1. The van der Waals surface area contributed by atoms with Gasteiger partial charge in [-0.3, -0.25) is 0 Å². The van der Waals surface area contributed by atoms with E-state index in [1.54, 1.807) is 14.2 Å². The third-order valence-corrected chi connectivity index (χ3v) is 5.07. The summed E-state index contributed by atoms with van der Waals surface area (Å²) in [7, 11) is 3.43. The van der Waals surface area contributed by atoms with E-state index in [1.807, 2.05) is 6.07 Å². The first-order chi connectivity index (χ1) is 9.94. The summed E-state index contributed by atoms with van der Waals surface area (Å²) in [6.45, 7) is 7.88. The van der Waals surface area contributed by atoms with Crippen molar-refractivity contribution >= 4 is 15.9 Å². The van der Waals surface area contributed by atoms with Crippen molar-refractivity contribution in [2.45, 2.75) is 39.7 Å². The number of rotatable bonds is 7. The van der Waals surface area contributed by atoms with E-state index in [1.165, 1.54) is 12.0 Å². The van der Waals surface area contributed by atoms with Crippen LogP contribution in [-0.4, -0.2) is 20.8 Å². The molecule has 1 N–H and O–H groups in total. The number of methoxy groups -OCH3 is 2. The second-order valence-corrected chi connectivity index (χ2v) is 7.31. The predicted molar refractivity (Wildman–Crippen MR) is 90.2 cm³/mol. The molecule has 1 aromatic carbocycles. The highest BCUT2D eigenvalue weighted by Crippen LogP contribution is 2.59. The Balaban J connectivity index is 2.38. The van der Waals surface area contributed by atoms with E-state index in [9.17, 15) is 0 Å². The Labute approximate surface area is 136 Å². The average molecular weight is 356 g/mol. The van der Waals surface area contributed by atoms with E-state index in [0.29, 0.717) is 17.4 Å². The number of ether oxygens (including phenoxy) is 2. The molecule has 0 bridgehead atoms. The van der Waals surface area contributed by atoms with Gasteiger partial charge in [-0.15, -0.1) is 0 Å². The van der Waals surface area contributed by atoms with Crippen LogP contribution in [0.1, 0.15) is 45.2 Å².